The molecule has 112 valence electrons. The van der Waals surface area contributed by atoms with Gasteiger partial charge < -0.3 is 10.5 Å². The van der Waals surface area contributed by atoms with Crippen molar-refractivity contribution in [2.75, 3.05) is 0 Å². The SMILES string of the molecule is CCC(N)Cc1cccc(Cl)c1OCc1cccc(F)c1. The minimum absolute atomic E-state index is 0.0694. The Labute approximate surface area is 129 Å². The second-order valence-corrected chi connectivity index (χ2v) is 5.43. The molecule has 0 aliphatic carbocycles. The molecule has 0 fully saturated rings. The van der Waals surface area contributed by atoms with E-state index in [0.29, 0.717) is 17.2 Å². The molecule has 1 unspecified atom stereocenters. The summed E-state index contributed by atoms with van der Waals surface area (Å²) >= 11 is 6.21. The van der Waals surface area contributed by atoms with Crippen molar-refractivity contribution in [3.63, 3.8) is 0 Å². The topological polar surface area (TPSA) is 35.2 Å². The first kappa shape index (κ1) is 15.8. The van der Waals surface area contributed by atoms with Crippen molar-refractivity contribution in [2.45, 2.75) is 32.4 Å². The summed E-state index contributed by atoms with van der Waals surface area (Å²) < 4.78 is 19.0. The van der Waals surface area contributed by atoms with Crippen LogP contribution >= 0.6 is 11.6 Å². The van der Waals surface area contributed by atoms with Crippen LogP contribution in [0.15, 0.2) is 42.5 Å². The lowest BCUT2D eigenvalue weighted by Crippen LogP contribution is -2.21. The van der Waals surface area contributed by atoms with Crippen LogP contribution in [0.5, 0.6) is 5.75 Å². The molecule has 2 N–H and O–H groups in total. The van der Waals surface area contributed by atoms with Crippen molar-refractivity contribution in [3.05, 3.63) is 64.4 Å². The zero-order valence-corrected chi connectivity index (χ0v) is 12.7. The van der Waals surface area contributed by atoms with Crippen LogP contribution in [-0.4, -0.2) is 6.04 Å². The minimum Gasteiger partial charge on any atom is -0.487 e. The van der Waals surface area contributed by atoms with Crippen molar-refractivity contribution in [3.8, 4) is 5.75 Å². The predicted octanol–water partition coefficient (Wildman–Crippen LogP) is 4.34. The Morgan fingerprint density at radius 2 is 2.00 bits per heavy atom. The second-order valence-electron chi connectivity index (χ2n) is 5.02. The summed E-state index contributed by atoms with van der Waals surface area (Å²) in [6.07, 6.45) is 1.59. The van der Waals surface area contributed by atoms with Crippen LogP contribution in [0, 0.1) is 5.82 Å². The molecule has 2 aromatic rings. The van der Waals surface area contributed by atoms with Gasteiger partial charge in [-0.05, 0) is 42.2 Å². The van der Waals surface area contributed by atoms with E-state index in [-0.39, 0.29) is 18.5 Å². The Balaban J connectivity index is 2.15. The number of ether oxygens (including phenoxy) is 1. The average molecular weight is 308 g/mol. The molecular formula is C17H19ClFNO. The third-order valence-electron chi connectivity index (χ3n) is 3.33. The molecular weight excluding hydrogens is 289 g/mol. The van der Waals surface area contributed by atoms with E-state index in [2.05, 4.69) is 0 Å². The summed E-state index contributed by atoms with van der Waals surface area (Å²) in [6.45, 7) is 2.32. The van der Waals surface area contributed by atoms with Gasteiger partial charge in [0.25, 0.3) is 0 Å². The molecule has 0 aliphatic heterocycles. The number of hydrogen-bond donors (Lipinski definition) is 1. The van der Waals surface area contributed by atoms with Crippen LogP contribution < -0.4 is 10.5 Å². The van der Waals surface area contributed by atoms with Gasteiger partial charge in [0.2, 0.25) is 0 Å². The predicted molar refractivity (Wildman–Crippen MR) is 84.2 cm³/mol. The highest BCUT2D eigenvalue weighted by atomic mass is 35.5. The fourth-order valence-electron chi connectivity index (χ4n) is 2.08. The van der Waals surface area contributed by atoms with E-state index in [1.165, 1.54) is 12.1 Å². The second kappa shape index (κ2) is 7.43. The Morgan fingerprint density at radius 3 is 2.71 bits per heavy atom. The van der Waals surface area contributed by atoms with Gasteiger partial charge in [0.05, 0.1) is 5.02 Å². The molecule has 0 aromatic heterocycles. The fourth-order valence-corrected chi connectivity index (χ4v) is 2.33. The molecule has 0 saturated heterocycles. The molecule has 21 heavy (non-hydrogen) atoms. The summed E-state index contributed by atoms with van der Waals surface area (Å²) in [7, 11) is 0. The molecule has 2 aromatic carbocycles. The summed E-state index contributed by atoms with van der Waals surface area (Å²) in [5, 5.41) is 0.548. The molecule has 0 radical (unpaired) electrons. The lowest BCUT2D eigenvalue weighted by Gasteiger charge is -2.15. The highest BCUT2D eigenvalue weighted by molar-refractivity contribution is 6.32. The third-order valence-corrected chi connectivity index (χ3v) is 3.62. The molecule has 0 bridgehead atoms. The maximum absolute atomic E-state index is 13.2. The van der Waals surface area contributed by atoms with E-state index in [0.717, 1.165) is 17.5 Å². The summed E-state index contributed by atoms with van der Waals surface area (Å²) in [6, 6.07) is 12.0. The lowest BCUT2D eigenvalue weighted by atomic mass is 10.0. The van der Waals surface area contributed by atoms with E-state index in [1.54, 1.807) is 12.1 Å². The van der Waals surface area contributed by atoms with E-state index >= 15 is 0 Å². The Morgan fingerprint density at radius 1 is 1.24 bits per heavy atom. The summed E-state index contributed by atoms with van der Waals surface area (Å²) in [5.41, 5.74) is 7.75. The number of benzene rings is 2. The van der Waals surface area contributed by atoms with Gasteiger partial charge >= 0.3 is 0 Å². The highest BCUT2D eigenvalue weighted by Crippen LogP contribution is 2.30. The van der Waals surface area contributed by atoms with Gasteiger partial charge in [0, 0.05) is 6.04 Å². The molecule has 2 nitrogen and oxygen atoms in total. The van der Waals surface area contributed by atoms with Crippen molar-refractivity contribution in [2.24, 2.45) is 5.73 Å². The fraction of sp³-hybridized carbons (Fsp3) is 0.294. The van der Waals surface area contributed by atoms with Crippen LogP contribution in [0.4, 0.5) is 4.39 Å². The largest absolute Gasteiger partial charge is 0.487 e. The number of rotatable bonds is 6. The number of nitrogens with two attached hydrogens (primary N) is 1. The van der Waals surface area contributed by atoms with Crippen molar-refractivity contribution < 1.29 is 9.13 Å². The first-order chi connectivity index (χ1) is 10.1. The summed E-state index contributed by atoms with van der Waals surface area (Å²) in [5.74, 6) is 0.357. The minimum atomic E-state index is -0.275. The van der Waals surface area contributed by atoms with Crippen molar-refractivity contribution in [1.29, 1.82) is 0 Å². The summed E-state index contributed by atoms with van der Waals surface area (Å²) in [4.78, 5) is 0. The van der Waals surface area contributed by atoms with E-state index < -0.39 is 0 Å². The number of halogens is 2. The standard InChI is InChI=1S/C17H19ClFNO/c1-2-15(20)10-13-6-4-8-16(18)17(13)21-11-12-5-3-7-14(19)9-12/h3-9,15H,2,10-11,20H2,1H3. The van der Waals surface area contributed by atoms with Gasteiger partial charge in [-0.15, -0.1) is 0 Å². The normalized spacial score (nSPS) is 12.2. The molecule has 2 rings (SSSR count). The maximum Gasteiger partial charge on any atom is 0.141 e. The maximum atomic E-state index is 13.2. The van der Waals surface area contributed by atoms with Crippen molar-refractivity contribution >= 4 is 11.6 Å². The van der Waals surface area contributed by atoms with Crippen LogP contribution in [0.1, 0.15) is 24.5 Å². The van der Waals surface area contributed by atoms with Gasteiger partial charge in [-0.3, -0.25) is 0 Å². The van der Waals surface area contributed by atoms with Gasteiger partial charge in [0.1, 0.15) is 18.2 Å². The van der Waals surface area contributed by atoms with Crippen LogP contribution in [0.3, 0.4) is 0 Å². The highest BCUT2D eigenvalue weighted by Gasteiger charge is 2.11. The number of para-hydroxylation sites is 1. The molecule has 0 aliphatic rings. The molecule has 1 atom stereocenters. The third kappa shape index (κ3) is 4.45. The van der Waals surface area contributed by atoms with Gasteiger partial charge in [-0.2, -0.15) is 0 Å². The van der Waals surface area contributed by atoms with E-state index in [1.807, 2.05) is 25.1 Å². The molecule has 0 spiro atoms. The van der Waals surface area contributed by atoms with Crippen LogP contribution in [-0.2, 0) is 13.0 Å². The van der Waals surface area contributed by atoms with E-state index in [4.69, 9.17) is 22.1 Å². The van der Waals surface area contributed by atoms with Crippen LogP contribution in [0.25, 0.3) is 0 Å². The molecule has 0 saturated carbocycles. The Bertz CT molecular complexity index is 603. The lowest BCUT2D eigenvalue weighted by molar-refractivity contribution is 0.301. The molecule has 0 amide bonds. The zero-order chi connectivity index (χ0) is 15.2. The smallest absolute Gasteiger partial charge is 0.141 e. The van der Waals surface area contributed by atoms with E-state index in [9.17, 15) is 4.39 Å². The molecule has 0 heterocycles. The molecule has 4 heteroatoms. The van der Waals surface area contributed by atoms with Gasteiger partial charge in [0.15, 0.2) is 0 Å². The average Bonchev–Trinajstić information content (AvgIpc) is 2.46. The first-order valence-corrected chi connectivity index (χ1v) is 7.38. The monoisotopic (exact) mass is 307 g/mol. The van der Waals surface area contributed by atoms with Crippen molar-refractivity contribution in [1.82, 2.24) is 0 Å². The first-order valence-electron chi connectivity index (χ1n) is 7.00. The Hall–Kier alpha value is -1.58. The quantitative estimate of drug-likeness (QED) is 0.861. The van der Waals surface area contributed by atoms with Gasteiger partial charge in [-0.1, -0.05) is 42.8 Å². The van der Waals surface area contributed by atoms with Gasteiger partial charge in [-0.25, -0.2) is 4.39 Å². The number of hydrogen-bond acceptors (Lipinski definition) is 2. The Kier molecular flexibility index (Phi) is 5.59. The zero-order valence-electron chi connectivity index (χ0n) is 12.0. The van der Waals surface area contributed by atoms with Crippen LogP contribution in [0.2, 0.25) is 5.02 Å².